The van der Waals surface area contributed by atoms with Crippen molar-refractivity contribution < 1.29 is 9.13 Å². The van der Waals surface area contributed by atoms with Crippen LogP contribution in [0.4, 0.5) is 4.39 Å². The second kappa shape index (κ2) is 11.3. The van der Waals surface area contributed by atoms with E-state index in [-0.39, 0.29) is 0 Å². The predicted molar refractivity (Wildman–Crippen MR) is 127 cm³/mol. The van der Waals surface area contributed by atoms with Crippen molar-refractivity contribution in [2.24, 2.45) is 5.92 Å². The zero-order chi connectivity index (χ0) is 22.2. The Kier molecular flexibility index (Phi) is 8.53. The third-order valence-electron chi connectivity index (χ3n) is 5.85. The normalized spacial score (nSPS) is 17.9. The molecule has 1 heterocycles. The van der Waals surface area contributed by atoms with Crippen molar-refractivity contribution in [2.75, 3.05) is 13.2 Å². The number of ether oxygens (including phenoxy) is 1. The van der Waals surface area contributed by atoms with Gasteiger partial charge in [0.2, 0.25) is 0 Å². The van der Waals surface area contributed by atoms with Gasteiger partial charge in [-0.15, -0.1) is 0 Å². The molecule has 0 saturated heterocycles. The standard InChI is InChI=1S/C25H31FN2O.C2H6/c1-3-18(2)27-13-19-4-6-20(7-5-19)14-28-15-22-10-11-23(29-17-21-8-9-21)12-24(22)25(26)16-28;1-2/h4-7,10-12,21,25,27H,2-3,8-9,13-17H2,1H3;1-2H3. The van der Waals surface area contributed by atoms with Crippen molar-refractivity contribution in [3.05, 3.63) is 77.0 Å². The molecule has 4 rings (SSSR count). The molecule has 1 fully saturated rings. The molecule has 168 valence electrons. The van der Waals surface area contributed by atoms with E-state index in [9.17, 15) is 4.39 Å². The summed E-state index contributed by atoms with van der Waals surface area (Å²) in [6, 6.07) is 14.5. The Labute approximate surface area is 187 Å². The van der Waals surface area contributed by atoms with Crippen LogP contribution in [0.15, 0.2) is 54.7 Å². The molecule has 0 radical (unpaired) electrons. The number of rotatable bonds is 9. The maximum absolute atomic E-state index is 14.9. The number of fused-ring (bicyclic) bond motifs is 1. The summed E-state index contributed by atoms with van der Waals surface area (Å²) in [5, 5.41) is 3.32. The summed E-state index contributed by atoms with van der Waals surface area (Å²) in [7, 11) is 0. The molecular formula is C27H37FN2O. The van der Waals surface area contributed by atoms with Crippen LogP contribution in [0.3, 0.4) is 0 Å². The van der Waals surface area contributed by atoms with Crippen LogP contribution in [0.1, 0.15) is 68.5 Å². The molecule has 0 amide bonds. The van der Waals surface area contributed by atoms with Gasteiger partial charge in [0.25, 0.3) is 0 Å². The average Bonchev–Trinajstić information content (AvgIpc) is 3.63. The minimum Gasteiger partial charge on any atom is -0.493 e. The van der Waals surface area contributed by atoms with Crippen LogP contribution in [-0.2, 0) is 19.6 Å². The highest BCUT2D eigenvalue weighted by molar-refractivity contribution is 5.39. The Morgan fingerprint density at radius 2 is 1.84 bits per heavy atom. The Morgan fingerprint density at radius 1 is 1.13 bits per heavy atom. The molecule has 1 atom stereocenters. The molecule has 2 aromatic carbocycles. The SMILES string of the molecule is C=C(CC)NCc1ccc(CN2Cc3ccc(OCC4CC4)cc3C(F)C2)cc1.CC. The summed E-state index contributed by atoms with van der Waals surface area (Å²) < 4.78 is 20.7. The topological polar surface area (TPSA) is 24.5 Å². The van der Waals surface area contributed by atoms with Crippen LogP contribution in [0.2, 0.25) is 0 Å². The van der Waals surface area contributed by atoms with Crippen molar-refractivity contribution in [1.82, 2.24) is 10.2 Å². The zero-order valence-electron chi connectivity index (χ0n) is 19.3. The van der Waals surface area contributed by atoms with Gasteiger partial charge in [-0.1, -0.05) is 57.7 Å². The minimum atomic E-state index is -0.966. The first-order valence-electron chi connectivity index (χ1n) is 11.7. The molecule has 1 unspecified atom stereocenters. The molecule has 1 saturated carbocycles. The molecule has 2 aromatic rings. The first-order chi connectivity index (χ1) is 15.1. The third kappa shape index (κ3) is 6.83. The Bertz CT molecular complexity index is 845. The first-order valence-corrected chi connectivity index (χ1v) is 11.7. The van der Waals surface area contributed by atoms with Crippen molar-refractivity contribution >= 4 is 0 Å². The van der Waals surface area contributed by atoms with Gasteiger partial charge >= 0.3 is 0 Å². The average molecular weight is 425 g/mol. The van der Waals surface area contributed by atoms with Gasteiger partial charge in [0, 0.05) is 31.9 Å². The summed E-state index contributed by atoms with van der Waals surface area (Å²) in [5.41, 5.74) is 5.36. The van der Waals surface area contributed by atoms with Gasteiger partial charge in [-0.05, 0) is 59.6 Å². The molecule has 1 aliphatic carbocycles. The molecule has 3 nitrogen and oxygen atoms in total. The quantitative estimate of drug-likeness (QED) is 0.494. The summed E-state index contributed by atoms with van der Waals surface area (Å²) in [5.74, 6) is 1.51. The van der Waals surface area contributed by atoms with Gasteiger partial charge in [-0.2, -0.15) is 0 Å². The highest BCUT2D eigenvalue weighted by atomic mass is 19.1. The number of nitrogens with zero attached hydrogens (tertiary/aromatic N) is 1. The number of benzene rings is 2. The predicted octanol–water partition coefficient (Wildman–Crippen LogP) is 6.54. The Morgan fingerprint density at radius 3 is 2.52 bits per heavy atom. The molecule has 1 aliphatic heterocycles. The maximum Gasteiger partial charge on any atom is 0.138 e. The van der Waals surface area contributed by atoms with Gasteiger partial charge in [0.15, 0.2) is 0 Å². The zero-order valence-corrected chi connectivity index (χ0v) is 19.3. The summed E-state index contributed by atoms with van der Waals surface area (Å²) in [6.45, 7) is 13.6. The van der Waals surface area contributed by atoms with Crippen LogP contribution < -0.4 is 10.1 Å². The van der Waals surface area contributed by atoms with E-state index in [1.165, 1.54) is 24.0 Å². The lowest BCUT2D eigenvalue weighted by Gasteiger charge is -2.31. The fraction of sp³-hybridized carbons (Fsp3) is 0.481. The van der Waals surface area contributed by atoms with Crippen molar-refractivity contribution in [3.63, 3.8) is 0 Å². The van der Waals surface area contributed by atoms with E-state index in [0.29, 0.717) is 12.5 Å². The highest BCUT2D eigenvalue weighted by Crippen LogP contribution is 2.34. The number of hydrogen-bond donors (Lipinski definition) is 1. The van der Waals surface area contributed by atoms with E-state index < -0.39 is 6.17 Å². The maximum atomic E-state index is 14.9. The van der Waals surface area contributed by atoms with Crippen LogP contribution in [0.25, 0.3) is 0 Å². The van der Waals surface area contributed by atoms with Crippen molar-refractivity contribution in [3.8, 4) is 5.75 Å². The Balaban J connectivity index is 0.00000132. The van der Waals surface area contributed by atoms with Gasteiger partial charge in [0.1, 0.15) is 11.9 Å². The minimum absolute atomic E-state index is 0.429. The van der Waals surface area contributed by atoms with Gasteiger partial charge in [-0.25, -0.2) is 4.39 Å². The van der Waals surface area contributed by atoms with E-state index in [0.717, 1.165) is 55.2 Å². The molecule has 4 heteroatoms. The number of hydrogen-bond acceptors (Lipinski definition) is 3. The summed E-state index contributed by atoms with van der Waals surface area (Å²) in [6.07, 6.45) is 2.49. The molecule has 0 aromatic heterocycles. The molecular weight excluding hydrogens is 387 g/mol. The first kappa shape index (κ1) is 23.3. The number of halogens is 1. The van der Waals surface area contributed by atoms with E-state index in [4.69, 9.17) is 4.74 Å². The fourth-order valence-electron chi connectivity index (χ4n) is 3.72. The second-order valence-electron chi connectivity index (χ2n) is 8.38. The number of alkyl halides is 1. The smallest absolute Gasteiger partial charge is 0.138 e. The molecule has 2 aliphatic rings. The molecule has 0 spiro atoms. The fourth-order valence-corrected chi connectivity index (χ4v) is 3.72. The van der Waals surface area contributed by atoms with Crippen LogP contribution in [0.5, 0.6) is 5.75 Å². The van der Waals surface area contributed by atoms with E-state index >= 15 is 0 Å². The van der Waals surface area contributed by atoms with Crippen molar-refractivity contribution in [2.45, 2.75) is 65.8 Å². The van der Waals surface area contributed by atoms with E-state index in [1.54, 1.807) is 0 Å². The molecule has 1 N–H and O–H groups in total. The highest BCUT2D eigenvalue weighted by Gasteiger charge is 2.26. The number of nitrogens with one attached hydrogen (secondary N) is 1. The van der Waals surface area contributed by atoms with Gasteiger partial charge < -0.3 is 10.1 Å². The molecule has 0 bridgehead atoms. The third-order valence-corrected chi connectivity index (χ3v) is 5.85. The monoisotopic (exact) mass is 424 g/mol. The van der Waals surface area contributed by atoms with Crippen LogP contribution >= 0.6 is 0 Å². The van der Waals surface area contributed by atoms with E-state index in [1.807, 2.05) is 32.0 Å². The largest absolute Gasteiger partial charge is 0.493 e. The van der Waals surface area contributed by atoms with Crippen LogP contribution in [-0.4, -0.2) is 18.1 Å². The van der Waals surface area contributed by atoms with E-state index in [2.05, 4.69) is 48.0 Å². The summed E-state index contributed by atoms with van der Waals surface area (Å²) >= 11 is 0. The molecule has 31 heavy (non-hydrogen) atoms. The van der Waals surface area contributed by atoms with Crippen molar-refractivity contribution in [1.29, 1.82) is 0 Å². The lowest BCUT2D eigenvalue weighted by atomic mass is 9.97. The van der Waals surface area contributed by atoms with Gasteiger partial charge in [0.05, 0.1) is 6.61 Å². The second-order valence-corrected chi connectivity index (χ2v) is 8.38. The Hall–Kier alpha value is -2.33. The van der Waals surface area contributed by atoms with Gasteiger partial charge in [-0.3, -0.25) is 4.90 Å². The van der Waals surface area contributed by atoms with Crippen LogP contribution in [0, 0.1) is 5.92 Å². The lowest BCUT2D eigenvalue weighted by molar-refractivity contribution is 0.158. The lowest BCUT2D eigenvalue weighted by Crippen LogP contribution is -2.31. The summed E-state index contributed by atoms with van der Waals surface area (Å²) in [4.78, 5) is 2.18. The number of allylic oxidation sites excluding steroid dienone is 1.